The van der Waals surface area contributed by atoms with Gasteiger partial charge in [-0.1, -0.05) is 12.5 Å². The molecule has 2 aliphatic heterocycles. The van der Waals surface area contributed by atoms with E-state index in [1.165, 1.54) is 62.3 Å². The molecule has 3 rings (SSSR count). The van der Waals surface area contributed by atoms with Crippen LogP contribution >= 0.6 is 0 Å². The van der Waals surface area contributed by atoms with E-state index in [-0.39, 0.29) is 0 Å². The van der Waals surface area contributed by atoms with E-state index in [1.807, 2.05) is 7.05 Å². The molecule has 1 aromatic carbocycles. The average Bonchev–Trinajstić information content (AvgIpc) is 2.49. The van der Waals surface area contributed by atoms with Crippen molar-refractivity contribution in [3.63, 3.8) is 0 Å². The van der Waals surface area contributed by atoms with E-state index in [1.54, 1.807) is 0 Å². The molecule has 0 radical (unpaired) electrons. The van der Waals surface area contributed by atoms with Gasteiger partial charge >= 0.3 is 0 Å². The zero-order chi connectivity index (χ0) is 13.9. The van der Waals surface area contributed by atoms with Crippen molar-refractivity contribution < 1.29 is 0 Å². The standard InChI is InChI=1S/C17H27N3/c1-14-11-16(7-6-15(14)12-18-2)20-10-9-19-8-4-3-5-17(19)13-20/h6-7,11,17-18H,3-5,8-10,12-13H2,1-2H3. The van der Waals surface area contributed by atoms with Gasteiger partial charge in [-0.3, -0.25) is 4.90 Å². The van der Waals surface area contributed by atoms with Gasteiger partial charge in [-0.05, 0) is 56.6 Å². The lowest BCUT2D eigenvalue weighted by atomic mass is 9.98. The molecule has 2 heterocycles. The summed E-state index contributed by atoms with van der Waals surface area (Å²) in [7, 11) is 2.01. The van der Waals surface area contributed by atoms with Gasteiger partial charge in [0.25, 0.3) is 0 Å². The van der Waals surface area contributed by atoms with Crippen molar-refractivity contribution in [2.24, 2.45) is 0 Å². The summed E-state index contributed by atoms with van der Waals surface area (Å²) in [6, 6.07) is 7.74. The van der Waals surface area contributed by atoms with Crippen LogP contribution in [0.3, 0.4) is 0 Å². The van der Waals surface area contributed by atoms with Gasteiger partial charge in [-0.15, -0.1) is 0 Å². The number of nitrogens with zero attached hydrogens (tertiary/aromatic N) is 2. The molecule has 3 heteroatoms. The average molecular weight is 273 g/mol. The van der Waals surface area contributed by atoms with Crippen molar-refractivity contribution in [3.8, 4) is 0 Å². The molecular formula is C17H27N3. The summed E-state index contributed by atoms with van der Waals surface area (Å²) in [6.45, 7) is 8.14. The second-order valence-electron chi connectivity index (χ2n) is 6.27. The van der Waals surface area contributed by atoms with Crippen LogP contribution in [0.2, 0.25) is 0 Å². The molecule has 3 nitrogen and oxygen atoms in total. The van der Waals surface area contributed by atoms with Crippen molar-refractivity contribution >= 4 is 5.69 Å². The molecule has 0 aromatic heterocycles. The second kappa shape index (κ2) is 6.15. The summed E-state index contributed by atoms with van der Waals surface area (Å²) < 4.78 is 0. The summed E-state index contributed by atoms with van der Waals surface area (Å²) >= 11 is 0. The van der Waals surface area contributed by atoms with Gasteiger partial charge in [-0.25, -0.2) is 0 Å². The summed E-state index contributed by atoms with van der Waals surface area (Å²) in [5.74, 6) is 0. The molecule has 20 heavy (non-hydrogen) atoms. The normalized spacial score (nSPS) is 23.7. The van der Waals surface area contributed by atoms with Crippen LogP contribution in [0, 0.1) is 6.92 Å². The molecular weight excluding hydrogens is 246 g/mol. The molecule has 0 spiro atoms. The van der Waals surface area contributed by atoms with Crippen molar-refractivity contribution in [3.05, 3.63) is 29.3 Å². The first kappa shape index (κ1) is 13.9. The van der Waals surface area contributed by atoms with E-state index in [0.29, 0.717) is 0 Å². The van der Waals surface area contributed by atoms with Crippen LogP contribution in [-0.2, 0) is 6.54 Å². The SMILES string of the molecule is CNCc1ccc(N2CCN3CCCCC3C2)cc1C. The van der Waals surface area contributed by atoms with Crippen LogP contribution in [0.5, 0.6) is 0 Å². The van der Waals surface area contributed by atoms with Crippen LogP contribution in [0.4, 0.5) is 5.69 Å². The zero-order valence-electron chi connectivity index (χ0n) is 12.9. The number of nitrogens with one attached hydrogen (secondary N) is 1. The third kappa shape index (κ3) is 2.84. The molecule has 0 amide bonds. The highest BCUT2D eigenvalue weighted by molar-refractivity contribution is 5.51. The number of hydrogen-bond acceptors (Lipinski definition) is 3. The molecule has 1 aromatic rings. The molecule has 1 N–H and O–H groups in total. The fraction of sp³-hybridized carbons (Fsp3) is 0.647. The highest BCUT2D eigenvalue weighted by atomic mass is 15.3. The van der Waals surface area contributed by atoms with Crippen molar-refractivity contribution in [2.45, 2.75) is 38.8 Å². The first-order chi connectivity index (χ1) is 9.78. The summed E-state index contributed by atoms with van der Waals surface area (Å²) in [5.41, 5.74) is 4.23. The topological polar surface area (TPSA) is 18.5 Å². The molecule has 1 atom stereocenters. The van der Waals surface area contributed by atoms with E-state index in [9.17, 15) is 0 Å². The lowest BCUT2D eigenvalue weighted by molar-refractivity contribution is 0.133. The van der Waals surface area contributed by atoms with Crippen molar-refractivity contribution in [2.75, 3.05) is 38.1 Å². The van der Waals surface area contributed by atoms with Crippen LogP contribution < -0.4 is 10.2 Å². The smallest absolute Gasteiger partial charge is 0.0370 e. The van der Waals surface area contributed by atoms with Crippen LogP contribution in [-0.4, -0.2) is 44.2 Å². The quantitative estimate of drug-likeness (QED) is 0.912. The van der Waals surface area contributed by atoms with E-state index in [2.05, 4.69) is 40.2 Å². The largest absolute Gasteiger partial charge is 0.369 e. The van der Waals surface area contributed by atoms with Crippen molar-refractivity contribution in [1.82, 2.24) is 10.2 Å². The van der Waals surface area contributed by atoms with Gasteiger partial charge in [0, 0.05) is 37.9 Å². The summed E-state index contributed by atoms with van der Waals surface area (Å²) in [5, 5.41) is 3.24. The Morgan fingerprint density at radius 1 is 1.20 bits per heavy atom. The number of anilines is 1. The Balaban J connectivity index is 1.71. The number of hydrogen-bond donors (Lipinski definition) is 1. The maximum Gasteiger partial charge on any atom is 0.0370 e. The minimum atomic E-state index is 0.787. The van der Waals surface area contributed by atoms with Gasteiger partial charge in [0.2, 0.25) is 0 Å². The maximum absolute atomic E-state index is 3.24. The number of aryl methyl sites for hydroxylation is 1. The Morgan fingerprint density at radius 3 is 2.90 bits per heavy atom. The summed E-state index contributed by atoms with van der Waals surface area (Å²) in [4.78, 5) is 5.28. The third-order valence-electron chi connectivity index (χ3n) is 4.90. The molecule has 0 aliphatic carbocycles. The maximum atomic E-state index is 3.24. The fourth-order valence-electron chi connectivity index (χ4n) is 3.66. The number of piperidine rings is 1. The Hall–Kier alpha value is -1.06. The predicted octanol–water partition coefficient (Wildman–Crippen LogP) is 2.39. The second-order valence-corrected chi connectivity index (χ2v) is 6.27. The van der Waals surface area contributed by atoms with Gasteiger partial charge in [0.15, 0.2) is 0 Å². The monoisotopic (exact) mass is 273 g/mol. The zero-order valence-corrected chi connectivity index (χ0v) is 12.9. The number of piperazine rings is 1. The van der Waals surface area contributed by atoms with Crippen LogP contribution in [0.1, 0.15) is 30.4 Å². The molecule has 2 fully saturated rings. The third-order valence-corrected chi connectivity index (χ3v) is 4.90. The van der Waals surface area contributed by atoms with Crippen LogP contribution in [0.15, 0.2) is 18.2 Å². The van der Waals surface area contributed by atoms with Gasteiger partial charge in [0.05, 0.1) is 0 Å². The Kier molecular flexibility index (Phi) is 4.27. The first-order valence-corrected chi connectivity index (χ1v) is 8.01. The molecule has 1 unspecified atom stereocenters. The molecule has 110 valence electrons. The van der Waals surface area contributed by atoms with Crippen LogP contribution in [0.25, 0.3) is 0 Å². The summed E-state index contributed by atoms with van der Waals surface area (Å²) in [6.07, 6.45) is 4.19. The van der Waals surface area contributed by atoms with Gasteiger partial charge in [0.1, 0.15) is 0 Å². The van der Waals surface area contributed by atoms with Crippen molar-refractivity contribution in [1.29, 1.82) is 0 Å². The number of fused-ring (bicyclic) bond motifs is 1. The number of benzene rings is 1. The number of rotatable bonds is 3. The van der Waals surface area contributed by atoms with E-state index in [4.69, 9.17) is 0 Å². The highest BCUT2D eigenvalue weighted by Gasteiger charge is 2.28. The molecule has 2 aliphatic rings. The Morgan fingerprint density at radius 2 is 2.10 bits per heavy atom. The predicted molar refractivity (Wildman–Crippen MR) is 85.4 cm³/mol. The first-order valence-electron chi connectivity index (χ1n) is 8.01. The van der Waals surface area contributed by atoms with E-state index >= 15 is 0 Å². The van der Waals surface area contributed by atoms with E-state index < -0.39 is 0 Å². The molecule has 0 bridgehead atoms. The Labute approximate surface area is 123 Å². The van der Waals surface area contributed by atoms with Gasteiger partial charge < -0.3 is 10.2 Å². The molecule has 0 saturated carbocycles. The minimum absolute atomic E-state index is 0.787. The van der Waals surface area contributed by atoms with Gasteiger partial charge in [-0.2, -0.15) is 0 Å². The lowest BCUT2D eigenvalue weighted by Crippen LogP contribution is -2.54. The van der Waals surface area contributed by atoms with E-state index in [0.717, 1.165) is 12.6 Å². The fourth-order valence-corrected chi connectivity index (χ4v) is 3.66. The minimum Gasteiger partial charge on any atom is -0.369 e. The highest BCUT2D eigenvalue weighted by Crippen LogP contribution is 2.26. The molecule has 2 saturated heterocycles. The Bertz CT molecular complexity index is 458. The lowest BCUT2D eigenvalue weighted by Gasteiger charge is -2.45.